The second kappa shape index (κ2) is 4.44. The summed E-state index contributed by atoms with van der Waals surface area (Å²) in [7, 11) is 0. The van der Waals surface area contributed by atoms with E-state index in [1.54, 1.807) is 6.07 Å². The van der Waals surface area contributed by atoms with Gasteiger partial charge in [-0.1, -0.05) is 22.9 Å². The zero-order valence-corrected chi connectivity index (χ0v) is 10.9. The molecule has 0 aromatic heterocycles. The van der Waals surface area contributed by atoms with E-state index >= 15 is 0 Å². The van der Waals surface area contributed by atoms with Gasteiger partial charge in [-0.05, 0) is 29.7 Å². The van der Waals surface area contributed by atoms with Crippen molar-refractivity contribution in [3.05, 3.63) is 33.5 Å². The van der Waals surface area contributed by atoms with Crippen molar-refractivity contribution in [2.45, 2.75) is 30.4 Å². The molecule has 2 unspecified atom stereocenters. The van der Waals surface area contributed by atoms with E-state index in [1.807, 2.05) is 11.8 Å². The van der Waals surface area contributed by atoms with E-state index in [-0.39, 0.29) is 11.9 Å². The number of hydrogen-bond acceptors (Lipinski definition) is 2. The Morgan fingerprint density at radius 2 is 2.33 bits per heavy atom. The summed E-state index contributed by atoms with van der Waals surface area (Å²) in [5, 5.41) is 0.409. The molecule has 1 aromatic rings. The summed E-state index contributed by atoms with van der Waals surface area (Å²) < 4.78 is 14.1. The van der Waals surface area contributed by atoms with Gasteiger partial charge in [-0.2, -0.15) is 11.8 Å². The van der Waals surface area contributed by atoms with E-state index in [0.717, 1.165) is 27.8 Å². The highest BCUT2D eigenvalue weighted by Gasteiger charge is 2.27. The van der Waals surface area contributed by atoms with E-state index in [2.05, 4.69) is 22.9 Å². The average molecular weight is 290 g/mol. The van der Waals surface area contributed by atoms with Crippen molar-refractivity contribution in [3.8, 4) is 0 Å². The van der Waals surface area contributed by atoms with Crippen LogP contribution in [0.25, 0.3) is 0 Å². The minimum atomic E-state index is -0.210. The van der Waals surface area contributed by atoms with Gasteiger partial charge in [0.2, 0.25) is 0 Å². The molecule has 0 aliphatic carbocycles. The van der Waals surface area contributed by atoms with Crippen molar-refractivity contribution >= 4 is 27.7 Å². The van der Waals surface area contributed by atoms with Crippen LogP contribution in [0.2, 0.25) is 0 Å². The quantitative estimate of drug-likeness (QED) is 0.855. The highest BCUT2D eigenvalue weighted by molar-refractivity contribution is 9.10. The van der Waals surface area contributed by atoms with Crippen LogP contribution in [0.1, 0.15) is 30.5 Å². The maximum Gasteiger partial charge on any atom is 0.124 e. The van der Waals surface area contributed by atoms with Crippen molar-refractivity contribution < 1.29 is 4.39 Å². The fourth-order valence-corrected chi connectivity index (χ4v) is 4.01. The third-order valence-corrected chi connectivity index (χ3v) is 5.02. The lowest BCUT2D eigenvalue weighted by Gasteiger charge is -2.30. The number of hydrogen-bond donors (Lipinski definition) is 1. The molecular weight excluding hydrogens is 277 g/mol. The lowest BCUT2D eigenvalue weighted by molar-refractivity contribution is 0.603. The van der Waals surface area contributed by atoms with E-state index < -0.39 is 0 Å². The molecule has 0 saturated heterocycles. The molecule has 1 aliphatic heterocycles. The molecule has 82 valence electrons. The Bertz CT molecular complexity index is 383. The Kier molecular flexibility index (Phi) is 3.38. The standard InChI is InChI=1S/C11H13BrFNS/c1-2-10-11(14)7-3-6(13)4-9(12)8(7)5-15-10/h3-4,10-11H,2,5,14H2,1H3. The minimum Gasteiger partial charge on any atom is -0.323 e. The Hall–Kier alpha value is -0.0600. The second-order valence-electron chi connectivity index (χ2n) is 3.74. The molecule has 0 bridgehead atoms. The fraction of sp³-hybridized carbons (Fsp3) is 0.455. The highest BCUT2D eigenvalue weighted by Crippen LogP contribution is 2.40. The van der Waals surface area contributed by atoms with Crippen molar-refractivity contribution in [1.82, 2.24) is 0 Å². The van der Waals surface area contributed by atoms with Crippen LogP contribution in [-0.4, -0.2) is 5.25 Å². The van der Waals surface area contributed by atoms with Crippen LogP contribution in [0, 0.1) is 5.82 Å². The van der Waals surface area contributed by atoms with Crippen LogP contribution in [0.3, 0.4) is 0 Å². The Morgan fingerprint density at radius 3 is 3.00 bits per heavy atom. The summed E-state index contributed by atoms with van der Waals surface area (Å²) >= 11 is 5.25. The zero-order chi connectivity index (χ0) is 11.0. The lowest BCUT2D eigenvalue weighted by Crippen LogP contribution is -2.28. The molecule has 2 N–H and O–H groups in total. The van der Waals surface area contributed by atoms with Crippen molar-refractivity contribution in [1.29, 1.82) is 0 Å². The molecule has 2 atom stereocenters. The number of benzene rings is 1. The Balaban J connectivity index is 2.46. The fourth-order valence-electron chi connectivity index (χ4n) is 1.94. The minimum absolute atomic E-state index is 0.0456. The van der Waals surface area contributed by atoms with Crippen LogP contribution in [-0.2, 0) is 5.75 Å². The predicted octanol–water partition coefficient (Wildman–Crippen LogP) is 3.61. The summed E-state index contributed by atoms with van der Waals surface area (Å²) in [6, 6.07) is 3.04. The van der Waals surface area contributed by atoms with Crippen LogP contribution in [0.5, 0.6) is 0 Å². The van der Waals surface area contributed by atoms with E-state index in [9.17, 15) is 4.39 Å². The van der Waals surface area contributed by atoms with Crippen molar-refractivity contribution in [2.24, 2.45) is 5.73 Å². The first-order chi connectivity index (χ1) is 7.13. The van der Waals surface area contributed by atoms with Gasteiger partial charge in [0.25, 0.3) is 0 Å². The first-order valence-electron chi connectivity index (χ1n) is 4.98. The van der Waals surface area contributed by atoms with Crippen LogP contribution in [0.15, 0.2) is 16.6 Å². The number of halogens is 2. The molecule has 0 spiro atoms. The van der Waals surface area contributed by atoms with E-state index in [0.29, 0.717) is 5.25 Å². The van der Waals surface area contributed by atoms with Crippen LogP contribution >= 0.6 is 27.7 Å². The summed E-state index contributed by atoms with van der Waals surface area (Å²) in [4.78, 5) is 0. The van der Waals surface area contributed by atoms with Gasteiger partial charge in [0.15, 0.2) is 0 Å². The van der Waals surface area contributed by atoms with E-state index in [1.165, 1.54) is 6.07 Å². The molecule has 1 aliphatic rings. The van der Waals surface area contributed by atoms with Crippen molar-refractivity contribution in [3.63, 3.8) is 0 Å². The Morgan fingerprint density at radius 1 is 1.60 bits per heavy atom. The number of thioether (sulfide) groups is 1. The van der Waals surface area contributed by atoms with Gasteiger partial charge in [-0.25, -0.2) is 4.39 Å². The lowest BCUT2D eigenvalue weighted by atomic mass is 9.97. The molecule has 2 rings (SSSR count). The second-order valence-corrected chi connectivity index (χ2v) is 5.82. The van der Waals surface area contributed by atoms with Gasteiger partial charge in [0.1, 0.15) is 5.82 Å². The molecule has 0 fully saturated rings. The van der Waals surface area contributed by atoms with Gasteiger partial charge in [0, 0.05) is 21.5 Å². The maximum absolute atomic E-state index is 13.3. The SMILES string of the molecule is CCC1SCc2c(Br)cc(F)cc2C1N. The van der Waals surface area contributed by atoms with Gasteiger partial charge in [-0.3, -0.25) is 0 Å². The normalized spacial score (nSPS) is 25.1. The third kappa shape index (κ3) is 2.08. The molecule has 0 radical (unpaired) electrons. The number of rotatable bonds is 1. The molecule has 1 heterocycles. The first-order valence-corrected chi connectivity index (χ1v) is 6.82. The molecule has 4 heteroatoms. The first kappa shape index (κ1) is 11.4. The van der Waals surface area contributed by atoms with Gasteiger partial charge >= 0.3 is 0 Å². The summed E-state index contributed by atoms with van der Waals surface area (Å²) in [6.45, 7) is 2.12. The number of nitrogens with two attached hydrogens (primary N) is 1. The van der Waals surface area contributed by atoms with Crippen LogP contribution < -0.4 is 5.73 Å². The molecule has 1 nitrogen and oxygen atoms in total. The maximum atomic E-state index is 13.3. The van der Waals surface area contributed by atoms with Gasteiger partial charge < -0.3 is 5.73 Å². The third-order valence-electron chi connectivity index (χ3n) is 2.80. The van der Waals surface area contributed by atoms with Crippen LogP contribution in [0.4, 0.5) is 4.39 Å². The smallest absolute Gasteiger partial charge is 0.124 e. The molecular formula is C11H13BrFNS. The Labute approximate surface area is 102 Å². The summed E-state index contributed by atoms with van der Waals surface area (Å²) in [5.74, 6) is 0.709. The molecule has 15 heavy (non-hydrogen) atoms. The topological polar surface area (TPSA) is 26.0 Å². The molecule has 0 amide bonds. The molecule has 0 saturated carbocycles. The highest BCUT2D eigenvalue weighted by atomic mass is 79.9. The predicted molar refractivity (Wildman–Crippen MR) is 66.4 cm³/mol. The zero-order valence-electron chi connectivity index (χ0n) is 8.47. The van der Waals surface area contributed by atoms with Gasteiger partial charge in [-0.15, -0.1) is 0 Å². The summed E-state index contributed by atoms with van der Waals surface area (Å²) in [6.07, 6.45) is 1.03. The average Bonchev–Trinajstić information content (AvgIpc) is 2.19. The van der Waals surface area contributed by atoms with E-state index in [4.69, 9.17) is 5.73 Å². The largest absolute Gasteiger partial charge is 0.323 e. The molecule has 1 aromatic carbocycles. The van der Waals surface area contributed by atoms with Gasteiger partial charge in [0.05, 0.1) is 0 Å². The number of fused-ring (bicyclic) bond motifs is 1. The monoisotopic (exact) mass is 289 g/mol. The van der Waals surface area contributed by atoms with Crippen molar-refractivity contribution in [2.75, 3.05) is 0 Å². The summed E-state index contributed by atoms with van der Waals surface area (Å²) in [5.41, 5.74) is 8.25.